The Morgan fingerprint density at radius 3 is 2.35 bits per heavy atom. The Kier molecular flexibility index (Phi) is 4.34. The third-order valence-electron chi connectivity index (χ3n) is 2.19. The van der Waals surface area contributed by atoms with E-state index in [-0.39, 0.29) is 22.5 Å². The molecule has 1 aromatic rings. The van der Waals surface area contributed by atoms with E-state index >= 15 is 0 Å². The van der Waals surface area contributed by atoms with E-state index in [4.69, 9.17) is 5.11 Å². The van der Waals surface area contributed by atoms with Crippen molar-refractivity contribution in [3.63, 3.8) is 0 Å². The average molecular weight is 307 g/mol. The summed E-state index contributed by atoms with van der Waals surface area (Å²) in [6.07, 6.45) is -2.74. The number of carbonyl (C=O) groups is 2. The number of hydrogen-bond donors (Lipinski definition) is 1. The van der Waals surface area contributed by atoms with Crippen molar-refractivity contribution >= 4 is 27.7 Å². The van der Waals surface area contributed by atoms with Crippen LogP contribution in [-0.4, -0.2) is 16.9 Å². The Balaban J connectivity index is 3.32. The highest BCUT2D eigenvalue weighted by Crippen LogP contribution is 2.30. The normalized spacial score (nSPS) is 12.5. The number of halogens is 3. The van der Waals surface area contributed by atoms with Gasteiger partial charge in [-0.3, -0.25) is 4.79 Å². The van der Waals surface area contributed by atoms with Crippen molar-refractivity contribution in [3.8, 4) is 0 Å². The standard InChI is InChI=1S/C11H9BrF2O3/c1-5(15)9(12)7-3-2-6(10(13)14)4-8(7)11(16)17/h2-4,9-10H,1H3,(H,16,17). The Labute approximate surface area is 105 Å². The van der Waals surface area contributed by atoms with Gasteiger partial charge in [0.1, 0.15) is 5.78 Å². The lowest BCUT2D eigenvalue weighted by molar-refractivity contribution is -0.116. The second-order valence-electron chi connectivity index (χ2n) is 3.43. The van der Waals surface area contributed by atoms with Crippen LogP contribution in [0.1, 0.15) is 39.7 Å². The predicted octanol–water partition coefficient (Wildman–Crippen LogP) is 3.35. The number of Topliss-reactive ketones (excluding diaryl/α,β-unsaturated/α-hetero) is 1. The number of ketones is 1. The molecule has 1 unspecified atom stereocenters. The van der Waals surface area contributed by atoms with E-state index in [0.717, 1.165) is 12.1 Å². The summed E-state index contributed by atoms with van der Waals surface area (Å²) < 4.78 is 24.9. The van der Waals surface area contributed by atoms with Crippen molar-refractivity contribution in [1.82, 2.24) is 0 Å². The molecule has 3 nitrogen and oxygen atoms in total. The zero-order valence-corrected chi connectivity index (χ0v) is 10.4. The van der Waals surface area contributed by atoms with E-state index in [1.807, 2.05) is 0 Å². The van der Waals surface area contributed by atoms with E-state index in [0.29, 0.717) is 0 Å². The predicted molar refractivity (Wildman–Crippen MR) is 60.7 cm³/mol. The van der Waals surface area contributed by atoms with Gasteiger partial charge in [-0.2, -0.15) is 0 Å². The van der Waals surface area contributed by atoms with E-state index in [2.05, 4.69) is 15.9 Å². The second-order valence-corrected chi connectivity index (χ2v) is 4.34. The van der Waals surface area contributed by atoms with E-state index in [1.165, 1.54) is 13.0 Å². The molecule has 1 atom stereocenters. The maximum absolute atomic E-state index is 12.4. The van der Waals surface area contributed by atoms with Gasteiger partial charge in [0.25, 0.3) is 6.43 Å². The molecule has 0 spiro atoms. The summed E-state index contributed by atoms with van der Waals surface area (Å²) in [6, 6.07) is 3.23. The molecule has 0 aromatic heterocycles. The van der Waals surface area contributed by atoms with Crippen LogP contribution in [0, 0.1) is 0 Å². The number of alkyl halides is 3. The van der Waals surface area contributed by atoms with E-state index in [9.17, 15) is 18.4 Å². The van der Waals surface area contributed by atoms with Crippen LogP contribution in [0.3, 0.4) is 0 Å². The first-order valence-electron chi connectivity index (χ1n) is 4.64. The molecule has 0 bridgehead atoms. The van der Waals surface area contributed by atoms with E-state index < -0.39 is 17.2 Å². The van der Waals surface area contributed by atoms with Crippen molar-refractivity contribution in [2.75, 3.05) is 0 Å². The van der Waals surface area contributed by atoms with Gasteiger partial charge in [0, 0.05) is 5.56 Å². The summed E-state index contributed by atoms with van der Waals surface area (Å²) in [5.74, 6) is -1.63. The minimum atomic E-state index is -2.74. The van der Waals surface area contributed by atoms with E-state index in [1.54, 1.807) is 0 Å². The SMILES string of the molecule is CC(=O)C(Br)c1ccc(C(F)F)cc1C(=O)O. The van der Waals surface area contributed by atoms with Gasteiger partial charge in [-0.25, -0.2) is 13.6 Å². The lowest BCUT2D eigenvalue weighted by Crippen LogP contribution is -2.09. The zero-order chi connectivity index (χ0) is 13.2. The molecule has 1 aromatic carbocycles. The van der Waals surface area contributed by atoms with Crippen LogP contribution >= 0.6 is 15.9 Å². The minimum absolute atomic E-state index is 0.175. The quantitative estimate of drug-likeness (QED) is 0.868. The fourth-order valence-corrected chi connectivity index (χ4v) is 1.73. The summed E-state index contributed by atoms with van der Waals surface area (Å²) in [7, 11) is 0. The number of benzene rings is 1. The Bertz CT molecular complexity index is 460. The van der Waals surface area contributed by atoms with Gasteiger partial charge in [0.15, 0.2) is 0 Å². The maximum atomic E-state index is 12.4. The van der Waals surface area contributed by atoms with Gasteiger partial charge in [-0.05, 0) is 18.6 Å². The number of hydrogen-bond acceptors (Lipinski definition) is 2. The maximum Gasteiger partial charge on any atom is 0.336 e. The molecule has 0 heterocycles. The molecule has 0 fully saturated rings. The molecular weight excluding hydrogens is 298 g/mol. The zero-order valence-electron chi connectivity index (χ0n) is 8.78. The Morgan fingerprint density at radius 2 is 1.94 bits per heavy atom. The topological polar surface area (TPSA) is 54.4 Å². The van der Waals surface area contributed by atoms with Gasteiger partial charge in [0.2, 0.25) is 0 Å². The third kappa shape index (κ3) is 3.09. The van der Waals surface area contributed by atoms with Gasteiger partial charge in [-0.15, -0.1) is 0 Å². The van der Waals surface area contributed by atoms with Crippen LogP contribution in [-0.2, 0) is 4.79 Å². The van der Waals surface area contributed by atoms with Crippen LogP contribution < -0.4 is 0 Å². The molecule has 0 aliphatic carbocycles. The minimum Gasteiger partial charge on any atom is -0.478 e. The molecule has 92 valence electrons. The Morgan fingerprint density at radius 1 is 1.35 bits per heavy atom. The van der Waals surface area contributed by atoms with Crippen LogP contribution in [0.2, 0.25) is 0 Å². The molecule has 0 saturated heterocycles. The van der Waals surface area contributed by atoms with Gasteiger partial charge in [-0.1, -0.05) is 28.1 Å². The summed E-state index contributed by atoms with van der Waals surface area (Å²) in [6.45, 7) is 1.28. The molecule has 6 heteroatoms. The lowest BCUT2D eigenvalue weighted by atomic mass is 10.00. The largest absolute Gasteiger partial charge is 0.478 e. The fraction of sp³-hybridized carbons (Fsp3) is 0.273. The number of aromatic carboxylic acids is 1. The molecule has 0 saturated carbocycles. The molecule has 17 heavy (non-hydrogen) atoms. The van der Waals surface area contributed by atoms with Crippen molar-refractivity contribution in [2.24, 2.45) is 0 Å². The van der Waals surface area contributed by atoms with Gasteiger partial charge in [0.05, 0.1) is 10.4 Å². The molecule has 0 radical (unpaired) electrons. The molecular formula is C11H9BrF2O3. The molecule has 0 aliphatic heterocycles. The monoisotopic (exact) mass is 306 g/mol. The van der Waals surface area contributed by atoms with Gasteiger partial charge < -0.3 is 5.11 Å². The molecule has 0 aliphatic rings. The van der Waals surface area contributed by atoms with Crippen LogP contribution in [0.25, 0.3) is 0 Å². The molecule has 1 N–H and O–H groups in total. The molecule has 1 rings (SSSR count). The van der Waals surface area contributed by atoms with Crippen molar-refractivity contribution < 1.29 is 23.5 Å². The summed E-state index contributed by atoms with van der Waals surface area (Å²) >= 11 is 3.03. The first kappa shape index (κ1) is 13.8. The highest BCUT2D eigenvalue weighted by molar-refractivity contribution is 9.09. The van der Waals surface area contributed by atoms with Crippen molar-refractivity contribution in [1.29, 1.82) is 0 Å². The summed E-state index contributed by atoms with van der Waals surface area (Å²) in [5, 5.41) is 8.93. The summed E-state index contributed by atoms with van der Waals surface area (Å²) in [5.41, 5.74) is -0.497. The highest BCUT2D eigenvalue weighted by Gasteiger charge is 2.22. The van der Waals surface area contributed by atoms with Crippen LogP contribution in [0.4, 0.5) is 8.78 Å². The smallest absolute Gasteiger partial charge is 0.336 e. The highest BCUT2D eigenvalue weighted by atomic mass is 79.9. The van der Waals surface area contributed by atoms with Crippen LogP contribution in [0.15, 0.2) is 18.2 Å². The fourth-order valence-electron chi connectivity index (χ4n) is 1.33. The first-order valence-corrected chi connectivity index (χ1v) is 5.56. The second kappa shape index (κ2) is 5.35. The van der Waals surface area contributed by atoms with Crippen molar-refractivity contribution in [2.45, 2.75) is 18.2 Å². The number of rotatable bonds is 4. The number of carboxylic acid groups (broad SMARTS) is 1. The lowest BCUT2D eigenvalue weighted by Gasteiger charge is -2.11. The van der Waals surface area contributed by atoms with Crippen LogP contribution in [0.5, 0.6) is 0 Å². The first-order chi connectivity index (χ1) is 7.84. The summed E-state index contributed by atoms with van der Waals surface area (Å²) in [4.78, 5) is 21.3. The Hall–Kier alpha value is -1.30. The number of carboxylic acids is 1. The van der Waals surface area contributed by atoms with Crippen molar-refractivity contribution in [3.05, 3.63) is 34.9 Å². The number of carbonyl (C=O) groups excluding carboxylic acids is 1. The third-order valence-corrected chi connectivity index (χ3v) is 3.33. The average Bonchev–Trinajstić information content (AvgIpc) is 2.26. The van der Waals surface area contributed by atoms with Gasteiger partial charge >= 0.3 is 5.97 Å². The molecule has 0 amide bonds.